The minimum Gasteiger partial charge on any atom is -0.343 e. The zero-order chi connectivity index (χ0) is 37.3. The van der Waals surface area contributed by atoms with Crippen molar-refractivity contribution in [1.29, 1.82) is 0 Å². The quantitative estimate of drug-likeness (QED) is 0.460. The van der Waals surface area contributed by atoms with Gasteiger partial charge in [0.15, 0.2) is 23.1 Å². The van der Waals surface area contributed by atoms with Crippen molar-refractivity contribution in [3.05, 3.63) is 47.8 Å². The van der Waals surface area contributed by atoms with Crippen LogP contribution in [0.2, 0.25) is 0 Å². The normalized spacial score (nSPS) is 40.3. The second-order valence-electron chi connectivity index (χ2n) is 16.1. The maximum Gasteiger partial charge on any atom is 0.255 e. The number of pyridine rings is 2. The van der Waals surface area contributed by atoms with Crippen LogP contribution < -0.4 is 10.6 Å². The molecular formula is C36H46N4O12. The Hall–Kier alpha value is -3.16. The molecule has 6 aliphatic heterocycles. The molecule has 0 bridgehead atoms. The van der Waals surface area contributed by atoms with E-state index in [0.717, 1.165) is 0 Å². The summed E-state index contributed by atoms with van der Waals surface area (Å²) in [4.78, 5) is 38.2. The Morgan fingerprint density at radius 3 is 1.35 bits per heavy atom. The Balaban J connectivity index is 1.15. The molecule has 16 nitrogen and oxygen atoms in total. The monoisotopic (exact) mass is 726 g/mol. The van der Waals surface area contributed by atoms with Crippen LogP contribution in [0.3, 0.4) is 0 Å². The molecule has 2 N–H and O–H groups in total. The number of aromatic nitrogens is 2. The van der Waals surface area contributed by atoms with E-state index in [9.17, 15) is 9.59 Å². The first kappa shape index (κ1) is 35.8. The van der Waals surface area contributed by atoms with Crippen LogP contribution in [0.1, 0.15) is 90.0 Å². The van der Waals surface area contributed by atoms with Crippen molar-refractivity contribution in [3.63, 3.8) is 0 Å². The Bertz CT molecular complexity index is 1690. The van der Waals surface area contributed by atoms with Crippen molar-refractivity contribution in [2.45, 2.75) is 140 Å². The molecular weight excluding hydrogens is 680 g/mol. The molecule has 0 radical (unpaired) electrons. The second-order valence-corrected chi connectivity index (χ2v) is 16.1. The summed E-state index contributed by atoms with van der Waals surface area (Å²) in [5.41, 5.74) is -2.84. The van der Waals surface area contributed by atoms with Crippen molar-refractivity contribution in [3.8, 4) is 11.4 Å². The minimum absolute atomic E-state index is 0.0977. The average Bonchev–Trinajstić information content (AvgIpc) is 3.68. The Morgan fingerprint density at radius 1 is 0.577 bits per heavy atom. The predicted octanol–water partition coefficient (Wildman–Crippen LogP) is 3.09. The van der Waals surface area contributed by atoms with E-state index in [1.165, 1.54) is 12.4 Å². The van der Waals surface area contributed by atoms with Crippen LogP contribution in [0, 0.1) is 0 Å². The molecule has 0 aliphatic carbocycles. The SMILES string of the molecule is CC1(C)O[C@@H]2[C@@H](CO[C@@]3(C)OC(C)(C)O[C@@]23NC(=O)c2cccnc2-c2ncccc2C(=O)N[C@@]23OC(C)(C)O[C@]2(C)OC[C@H]2OC(C)(C)O[C@H]23)O1. The molecule has 2 aromatic heterocycles. The molecule has 16 heteroatoms. The standard InChI is InChI=1S/C36H46N4O12/c1-29(2)45-21-17-43-33(9)35(25(21)47-29,51-31(5,6)49-33)39-27(41)19-13-11-15-37-23(19)24-20(14-12-16-38-24)28(42)40-36-26-22(46-30(3,4)48-26)18-44-34(36,10)50-32(7,8)52-36/h11-16,21-22,25-26H,17-18H2,1-10H3,(H,39,41)(H,40,42)/t21-,22-,25-,26-,33+,34+,35+,36+/m1/s1. The number of ether oxygens (including phenoxy) is 10. The Labute approximate surface area is 301 Å². The fraction of sp³-hybridized carbons (Fsp3) is 0.667. The van der Waals surface area contributed by atoms with Crippen LogP contribution in [0.15, 0.2) is 36.7 Å². The Kier molecular flexibility index (Phi) is 7.72. The molecule has 6 fully saturated rings. The van der Waals surface area contributed by atoms with E-state index >= 15 is 0 Å². The number of hydrogen-bond donors (Lipinski definition) is 2. The van der Waals surface area contributed by atoms with E-state index in [1.54, 1.807) is 93.5 Å². The van der Waals surface area contributed by atoms with Crippen LogP contribution in [0.25, 0.3) is 11.4 Å². The van der Waals surface area contributed by atoms with Gasteiger partial charge in [0.05, 0.1) is 24.3 Å². The molecule has 2 aromatic rings. The van der Waals surface area contributed by atoms with Crippen molar-refractivity contribution in [2.75, 3.05) is 13.2 Å². The third kappa shape index (κ3) is 5.41. The lowest BCUT2D eigenvalue weighted by atomic mass is 9.89. The van der Waals surface area contributed by atoms with Gasteiger partial charge in [0.1, 0.15) is 35.8 Å². The number of carbonyl (C=O) groups is 2. The van der Waals surface area contributed by atoms with E-state index in [1.807, 2.05) is 0 Å². The topological polar surface area (TPSA) is 176 Å². The highest BCUT2D eigenvalue weighted by Crippen LogP contribution is 2.54. The summed E-state index contributed by atoms with van der Waals surface area (Å²) in [6.07, 6.45) is 0.278. The molecule has 2 amide bonds. The average molecular weight is 727 g/mol. The molecule has 6 saturated heterocycles. The zero-order valence-corrected chi connectivity index (χ0v) is 31.0. The third-order valence-corrected chi connectivity index (χ3v) is 10.2. The highest BCUT2D eigenvalue weighted by molar-refractivity contribution is 6.05. The first-order valence-corrected chi connectivity index (χ1v) is 17.5. The lowest BCUT2D eigenvalue weighted by Gasteiger charge is -2.48. The summed E-state index contributed by atoms with van der Waals surface area (Å²) < 4.78 is 62.9. The van der Waals surface area contributed by atoms with Crippen LogP contribution in [0.4, 0.5) is 0 Å². The second kappa shape index (κ2) is 11.2. The van der Waals surface area contributed by atoms with Gasteiger partial charge in [-0.1, -0.05) is 0 Å². The lowest BCUT2D eigenvalue weighted by molar-refractivity contribution is -0.301. The summed E-state index contributed by atoms with van der Waals surface area (Å²) in [7, 11) is 0. The van der Waals surface area contributed by atoms with Crippen LogP contribution in [0.5, 0.6) is 0 Å². The molecule has 8 atom stereocenters. The van der Waals surface area contributed by atoms with Gasteiger partial charge in [0.2, 0.25) is 23.0 Å². The van der Waals surface area contributed by atoms with Crippen LogP contribution in [-0.4, -0.2) is 106 Å². The molecule has 0 saturated carbocycles. The molecule has 8 rings (SSSR count). The molecule has 8 heterocycles. The molecule has 0 aromatic carbocycles. The van der Waals surface area contributed by atoms with Gasteiger partial charge >= 0.3 is 0 Å². The maximum atomic E-state index is 14.5. The zero-order valence-electron chi connectivity index (χ0n) is 31.0. The third-order valence-electron chi connectivity index (χ3n) is 10.2. The number of fused-ring (bicyclic) bond motifs is 6. The van der Waals surface area contributed by atoms with Crippen molar-refractivity contribution in [1.82, 2.24) is 20.6 Å². The fourth-order valence-corrected chi connectivity index (χ4v) is 8.53. The van der Waals surface area contributed by atoms with E-state index in [4.69, 9.17) is 47.4 Å². The van der Waals surface area contributed by atoms with Gasteiger partial charge in [0, 0.05) is 12.4 Å². The molecule has 52 heavy (non-hydrogen) atoms. The van der Waals surface area contributed by atoms with Gasteiger partial charge < -0.3 is 58.0 Å². The number of carbonyl (C=O) groups excluding carboxylic acids is 2. The van der Waals surface area contributed by atoms with E-state index < -0.39 is 82.4 Å². The number of nitrogens with one attached hydrogen (secondary N) is 2. The largest absolute Gasteiger partial charge is 0.343 e. The van der Waals surface area contributed by atoms with Crippen LogP contribution >= 0.6 is 0 Å². The first-order valence-electron chi connectivity index (χ1n) is 17.5. The minimum atomic E-state index is -1.65. The van der Waals surface area contributed by atoms with Gasteiger partial charge in [0.25, 0.3) is 11.8 Å². The number of rotatable bonds is 5. The van der Waals surface area contributed by atoms with Gasteiger partial charge in [-0.2, -0.15) is 0 Å². The van der Waals surface area contributed by atoms with Crippen molar-refractivity contribution in [2.24, 2.45) is 0 Å². The summed E-state index contributed by atoms with van der Waals surface area (Å²) in [5, 5.41) is 6.10. The number of amides is 2. The molecule has 6 aliphatic rings. The fourth-order valence-electron chi connectivity index (χ4n) is 8.53. The first-order chi connectivity index (χ1) is 24.1. The van der Waals surface area contributed by atoms with Gasteiger partial charge in [-0.25, -0.2) is 0 Å². The van der Waals surface area contributed by atoms with E-state index in [-0.39, 0.29) is 35.7 Å². The van der Waals surface area contributed by atoms with Gasteiger partial charge in [-0.3, -0.25) is 19.6 Å². The highest BCUT2D eigenvalue weighted by atomic mass is 16.9. The number of nitrogens with zero attached hydrogens (tertiary/aromatic N) is 2. The maximum absolute atomic E-state index is 14.5. The summed E-state index contributed by atoms with van der Waals surface area (Å²) in [6, 6.07) is 6.39. The lowest BCUT2D eigenvalue weighted by Crippen LogP contribution is -2.74. The van der Waals surface area contributed by atoms with E-state index in [0.29, 0.717) is 0 Å². The van der Waals surface area contributed by atoms with Gasteiger partial charge in [-0.05, 0) is 93.5 Å². The summed E-state index contributed by atoms with van der Waals surface area (Å²) >= 11 is 0. The van der Waals surface area contributed by atoms with Crippen molar-refractivity contribution >= 4 is 11.8 Å². The number of hydrogen-bond acceptors (Lipinski definition) is 14. The predicted molar refractivity (Wildman–Crippen MR) is 177 cm³/mol. The summed E-state index contributed by atoms with van der Waals surface area (Å²) in [6.45, 7) is 17.7. The molecule has 0 spiro atoms. The van der Waals surface area contributed by atoms with Crippen molar-refractivity contribution < 1.29 is 57.0 Å². The highest BCUT2D eigenvalue weighted by Gasteiger charge is 2.75. The summed E-state index contributed by atoms with van der Waals surface area (Å²) in [5.74, 6) is -8.44. The van der Waals surface area contributed by atoms with E-state index in [2.05, 4.69) is 20.6 Å². The smallest absolute Gasteiger partial charge is 0.255 e. The molecule has 0 unspecified atom stereocenters. The molecule has 282 valence electrons. The van der Waals surface area contributed by atoms with Crippen LogP contribution in [-0.2, 0) is 47.4 Å². The Morgan fingerprint density at radius 2 is 0.962 bits per heavy atom. The van der Waals surface area contributed by atoms with Gasteiger partial charge in [-0.15, -0.1) is 0 Å².